The maximum atomic E-state index is 13.0. The monoisotopic (exact) mass is 354 g/mol. The summed E-state index contributed by atoms with van der Waals surface area (Å²) in [4.78, 5) is 14.4. The molecular formula is C18H19FN6O. The third kappa shape index (κ3) is 3.10. The van der Waals surface area contributed by atoms with E-state index in [0.717, 1.165) is 17.8 Å². The number of rotatable bonds is 5. The van der Waals surface area contributed by atoms with Crippen molar-refractivity contribution in [3.8, 4) is 0 Å². The lowest BCUT2D eigenvalue weighted by molar-refractivity contribution is -0.128. The first kappa shape index (κ1) is 16.4. The molecule has 0 radical (unpaired) electrons. The second kappa shape index (κ2) is 6.70. The van der Waals surface area contributed by atoms with Crippen LogP contribution in [0.25, 0.3) is 5.65 Å². The number of hydrogen-bond donors (Lipinski definition) is 1. The van der Waals surface area contributed by atoms with E-state index in [0.29, 0.717) is 31.0 Å². The van der Waals surface area contributed by atoms with Crippen molar-refractivity contribution in [3.63, 3.8) is 0 Å². The molecule has 1 N–H and O–H groups in total. The molecule has 3 heterocycles. The Labute approximate surface area is 149 Å². The van der Waals surface area contributed by atoms with Gasteiger partial charge in [-0.1, -0.05) is 19.1 Å². The first-order valence-corrected chi connectivity index (χ1v) is 8.65. The highest BCUT2D eigenvalue weighted by Crippen LogP contribution is 2.19. The van der Waals surface area contributed by atoms with Gasteiger partial charge in [0.25, 0.3) is 0 Å². The van der Waals surface area contributed by atoms with Gasteiger partial charge in [0.1, 0.15) is 17.7 Å². The zero-order valence-electron chi connectivity index (χ0n) is 14.4. The number of carbonyl (C=O) groups is 1. The number of halogens is 1. The number of carbonyl (C=O) groups excluding carboxylic acids is 1. The summed E-state index contributed by atoms with van der Waals surface area (Å²) in [6.45, 7) is 3.13. The number of nitrogens with zero attached hydrogens (tertiary/aromatic N) is 5. The Morgan fingerprint density at radius 3 is 2.77 bits per heavy atom. The number of nitrogens with one attached hydrogen (secondary N) is 1. The predicted molar refractivity (Wildman–Crippen MR) is 94.0 cm³/mol. The highest BCUT2D eigenvalue weighted by atomic mass is 19.1. The summed E-state index contributed by atoms with van der Waals surface area (Å²) in [5.74, 6) is 1.15. The smallest absolute Gasteiger partial charge is 0.245 e. The number of hydrogen-bond acceptors (Lipinski definition) is 5. The molecule has 1 fully saturated rings. The minimum absolute atomic E-state index is 0.0238. The van der Waals surface area contributed by atoms with Crippen molar-refractivity contribution in [2.24, 2.45) is 0 Å². The van der Waals surface area contributed by atoms with E-state index in [1.807, 2.05) is 13.0 Å². The number of aryl methyl sites for hydroxylation is 1. The molecule has 3 aromatic rings. The molecule has 1 amide bonds. The van der Waals surface area contributed by atoms with Crippen molar-refractivity contribution in [2.75, 3.05) is 11.9 Å². The van der Waals surface area contributed by atoms with Gasteiger partial charge in [-0.2, -0.15) is 4.52 Å². The van der Waals surface area contributed by atoms with Crippen molar-refractivity contribution in [1.82, 2.24) is 24.7 Å². The van der Waals surface area contributed by atoms with Crippen LogP contribution in [0.3, 0.4) is 0 Å². The Kier molecular flexibility index (Phi) is 4.24. The first-order valence-electron chi connectivity index (χ1n) is 8.65. The van der Waals surface area contributed by atoms with Crippen LogP contribution in [0.4, 0.5) is 10.2 Å². The minimum atomic E-state index is -0.318. The van der Waals surface area contributed by atoms with Gasteiger partial charge >= 0.3 is 0 Å². The van der Waals surface area contributed by atoms with E-state index in [-0.39, 0.29) is 17.8 Å². The molecule has 1 saturated heterocycles. The van der Waals surface area contributed by atoms with Crippen LogP contribution in [0.1, 0.15) is 24.7 Å². The maximum Gasteiger partial charge on any atom is 0.245 e. The Bertz CT molecular complexity index is 939. The summed E-state index contributed by atoms with van der Waals surface area (Å²) in [6, 6.07) is 9.55. The third-order valence-corrected chi connectivity index (χ3v) is 4.55. The number of fused-ring (bicyclic) bond motifs is 1. The second-order valence-corrected chi connectivity index (χ2v) is 6.33. The van der Waals surface area contributed by atoms with E-state index in [2.05, 4.69) is 20.6 Å². The van der Waals surface area contributed by atoms with Crippen molar-refractivity contribution < 1.29 is 9.18 Å². The number of anilines is 1. The van der Waals surface area contributed by atoms with Gasteiger partial charge < -0.3 is 10.2 Å². The molecule has 7 nitrogen and oxygen atoms in total. The highest BCUT2D eigenvalue weighted by Gasteiger charge is 2.31. The number of likely N-dealkylation sites (tertiary alicyclic amines) is 1. The molecule has 26 heavy (non-hydrogen) atoms. The van der Waals surface area contributed by atoms with Gasteiger partial charge in [-0.25, -0.2) is 4.39 Å². The average Bonchev–Trinajstić information content (AvgIpc) is 3.21. The van der Waals surface area contributed by atoms with Crippen LogP contribution >= 0.6 is 0 Å². The zero-order chi connectivity index (χ0) is 18.1. The molecule has 1 aromatic carbocycles. The molecule has 1 atom stereocenters. The summed E-state index contributed by atoms with van der Waals surface area (Å²) in [5.41, 5.74) is 1.60. The number of aromatic nitrogens is 4. The van der Waals surface area contributed by atoms with Crippen LogP contribution in [-0.4, -0.2) is 43.2 Å². The average molecular weight is 354 g/mol. The Hall–Kier alpha value is -3.03. The van der Waals surface area contributed by atoms with Gasteiger partial charge in [-0.15, -0.1) is 15.3 Å². The molecule has 4 rings (SSSR count). The fourth-order valence-corrected chi connectivity index (χ4v) is 3.15. The molecule has 1 unspecified atom stereocenters. The fourth-order valence-electron chi connectivity index (χ4n) is 3.15. The van der Waals surface area contributed by atoms with Gasteiger partial charge in [-0.05, 0) is 36.2 Å². The highest BCUT2D eigenvalue weighted by molar-refractivity contribution is 5.86. The SMILES string of the molecule is CCc1nnc2ccc(NC3CCN(Cc4ccc(F)cc4)C3=O)nn12. The van der Waals surface area contributed by atoms with Crippen LogP contribution in [0, 0.1) is 5.82 Å². The molecule has 0 spiro atoms. The molecule has 2 aromatic heterocycles. The molecular weight excluding hydrogens is 335 g/mol. The topological polar surface area (TPSA) is 75.4 Å². The molecule has 1 aliphatic heterocycles. The molecule has 0 saturated carbocycles. The zero-order valence-corrected chi connectivity index (χ0v) is 14.4. The van der Waals surface area contributed by atoms with Crippen LogP contribution in [0.15, 0.2) is 36.4 Å². The standard InChI is InChI=1S/C18H19FN6O/c1-2-16-21-22-17-8-7-15(23-25(16)17)20-14-9-10-24(18(14)26)11-12-3-5-13(19)6-4-12/h3-8,14H,2,9-11H2,1H3,(H,20,23). The molecule has 0 bridgehead atoms. The largest absolute Gasteiger partial charge is 0.357 e. The van der Waals surface area contributed by atoms with E-state index in [1.165, 1.54) is 12.1 Å². The number of benzene rings is 1. The lowest BCUT2D eigenvalue weighted by atomic mass is 10.2. The van der Waals surface area contributed by atoms with Crippen molar-refractivity contribution in [3.05, 3.63) is 53.6 Å². The lowest BCUT2D eigenvalue weighted by Crippen LogP contribution is -2.33. The van der Waals surface area contributed by atoms with Gasteiger partial charge in [0.15, 0.2) is 11.5 Å². The second-order valence-electron chi connectivity index (χ2n) is 6.33. The van der Waals surface area contributed by atoms with Gasteiger partial charge in [-0.3, -0.25) is 4.79 Å². The van der Waals surface area contributed by atoms with Crippen molar-refractivity contribution >= 4 is 17.4 Å². The normalized spacial score (nSPS) is 17.2. The summed E-state index contributed by atoms with van der Waals surface area (Å²) < 4.78 is 14.7. The van der Waals surface area contributed by atoms with Crippen LogP contribution in [-0.2, 0) is 17.8 Å². The van der Waals surface area contributed by atoms with Crippen molar-refractivity contribution in [2.45, 2.75) is 32.4 Å². The van der Waals surface area contributed by atoms with Crippen LogP contribution in [0.2, 0.25) is 0 Å². The Morgan fingerprint density at radius 2 is 2.00 bits per heavy atom. The number of amides is 1. The predicted octanol–water partition coefficient (Wildman–Crippen LogP) is 2.04. The van der Waals surface area contributed by atoms with Crippen LogP contribution in [0.5, 0.6) is 0 Å². The summed E-state index contributed by atoms with van der Waals surface area (Å²) in [5, 5.41) is 15.9. The molecule has 1 aliphatic rings. The van der Waals surface area contributed by atoms with Crippen molar-refractivity contribution in [1.29, 1.82) is 0 Å². The van der Waals surface area contributed by atoms with Crippen LogP contribution < -0.4 is 5.32 Å². The Balaban J connectivity index is 1.46. The van der Waals surface area contributed by atoms with Gasteiger partial charge in [0.2, 0.25) is 5.91 Å². The molecule has 8 heteroatoms. The molecule has 0 aliphatic carbocycles. The van der Waals surface area contributed by atoms with E-state index >= 15 is 0 Å². The summed E-state index contributed by atoms with van der Waals surface area (Å²) >= 11 is 0. The first-order chi connectivity index (χ1) is 12.6. The quantitative estimate of drug-likeness (QED) is 0.759. The maximum absolute atomic E-state index is 13.0. The Morgan fingerprint density at radius 1 is 1.19 bits per heavy atom. The lowest BCUT2D eigenvalue weighted by Gasteiger charge is -2.17. The third-order valence-electron chi connectivity index (χ3n) is 4.55. The van der Waals surface area contributed by atoms with E-state index in [9.17, 15) is 9.18 Å². The summed E-state index contributed by atoms with van der Waals surface area (Å²) in [7, 11) is 0. The van der Waals surface area contributed by atoms with Gasteiger partial charge in [0, 0.05) is 19.5 Å². The van der Waals surface area contributed by atoms with Gasteiger partial charge in [0.05, 0.1) is 0 Å². The minimum Gasteiger partial charge on any atom is -0.357 e. The van der Waals surface area contributed by atoms with E-state index in [1.54, 1.807) is 27.6 Å². The fraction of sp³-hybridized carbons (Fsp3) is 0.333. The summed E-state index contributed by atoms with van der Waals surface area (Å²) in [6.07, 6.45) is 1.42. The van der Waals surface area contributed by atoms with E-state index in [4.69, 9.17) is 0 Å². The molecule has 134 valence electrons. The van der Waals surface area contributed by atoms with E-state index < -0.39 is 0 Å².